The Morgan fingerprint density at radius 3 is 2.20 bits per heavy atom. The zero-order chi connectivity index (χ0) is 11.6. The molecular formula is C9H19ClN2O2S. The topological polar surface area (TPSA) is 40.6 Å². The average Bonchev–Trinajstić information content (AvgIpc) is 2.17. The molecule has 0 aromatic carbocycles. The molecule has 1 rings (SSSR count). The van der Waals surface area contributed by atoms with Gasteiger partial charge in [-0.2, -0.15) is 17.0 Å². The Labute approximate surface area is 97.4 Å². The van der Waals surface area contributed by atoms with Crippen molar-refractivity contribution in [3.05, 3.63) is 0 Å². The van der Waals surface area contributed by atoms with Crippen LogP contribution in [0.15, 0.2) is 0 Å². The highest BCUT2D eigenvalue weighted by molar-refractivity contribution is 7.86. The fourth-order valence-corrected chi connectivity index (χ4v) is 3.27. The highest BCUT2D eigenvalue weighted by atomic mass is 35.5. The molecule has 0 radical (unpaired) electrons. The van der Waals surface area contributed by atoms with Gasteiger partial charge in [-0.15, -0.1) is 11.6 Å². The molecule has 0 aromatic rings. The SMILES string of the molecule is CC(C)N(C)S(=O)(=O)N1CCC(Cl)CC1. The number of piperidine rings is 1. The van der Waals surface area contributed by atoms with Gasteiger partial charge in [0, 0.05) is 31.6 Å². The summed E-state index contributed by atoms with van der Waals surface area (Å²) >= 11 is 5.94. The Hall–Kier alpha value is 0.160. The van der Waals surface area contributed by atoms with Crippen molar-refractivity contribution in [2.45, 2.75) is 38.1 Å². The van der Waals surface area contributed by atoms with Crippen LogP contribution >= 0.6 is 11.6 Å². The minimum absolute atomic E-state index is 0.0104. The van der Waals surface area contributed by atoms with Crippen molar-refractivity contribution in [2.75, 3.05) is 20.1 Å². The second kappa shape index (κ2) is 4.99. The molecule has 15 heavy (non-hydrogen) atoms. The lowest BCUT2D eigenvalue weighted by Crippen LogP contribution is -2.48. The van der Waals surface area contributed by atoms with Gasteiger partial charge in [-0.05, 0) is 26.7 Å². The van der Waals surface area contributed by atoms with Crippen LogP contribution in [0.2, 0.25) is 0 Å². The summed E-state index contributed by atoms with van der Waals surface area (Å²) in [5.41, 5.74) is 0. The number of halogens is 1. The van der Waals surface area contributed by atoms with Crippen LogP contribution in [-0.2, 0) is 10.2 Å². The van der Waals surface area contributed by atoms with Crippen LogP contribution in [0.25, 0.3) is 0 Å². The fourth-order valence-electron chi connectivity index (χ4n) is 1.50. The van der Waals surface area contributed by atoms with Gasteiger partial charge in [-0.3, -0.25) is 0 Å². The lowest BCUT2D eigenvalue weighted by atomic mass is 10.2. The molecule has 0 N–H and O–H groups in total. The Morgan fingerprint density at radius 1 is 1.33 bits per heavy atom. The summed E-state index contributed by atoms with van der Waals surface area (Å²) in [6, 6.07) is -0.0104. The highest BCUT2D eigenvalue weighted by Crippen LogP contribution is 2.20. The third-order valence-electron chi connectivity index (χ3n) is 2.80. The summed E-state index contributed by atoms with van der Waals surface area (Å²) in [6.45, 7) is 4.80. The van der Waals surface area contributed by atoms with Crippen molar-refractivity contribution in [1.82, 2.24) is 8.61 Å². The van der Waals surface area contributed by atoms with Crippen LogP contribution in [0.4, 0.5) is 0 Å². The molecule has 1 fully saturated rings. The van der Waals surface area contributed by atoms with E-state index in [9.17, 15) is 8.42 Å². The molecule has 4 nitrogen and oxygen atoms in total. The number of alkyl halides is 1. The highest BCUT2D eigenvalue weighted by Gasteiger charge is 2.31. The molecule has 0 atom stereocenters. The smallest absolute Gasteiger partial charge is 0.195 e. The predicted octanol–water partition coefficient (Wildman–Crippen LogP) is 1.27. The van der Waals surface area contributed by atoms with Crippen molar-refractivity contribution in [3.63, 3.8) is 0 Å². The van der Waals surface area contributed by atoms with Crippen LogP contribution in [0.1, 0.15) is 26.7 Å². The van der Waals surface area contributed by atoms with Crippen LogP contribution in [0.5, 0.6) is 0 Å². The summed E-state index contributed by atoms with van der Waals surface area (Å²) in [5.74, 6) is 0. The lowest BCUT2D eigenvalue weighted by Gasteiger charge is -2.33. The van der Waals surface area contributed by atoms with E-state index in [0.29, 0.717) is 13.1 Å². The first-order valence-corrected chi connectivity index (χ1v) is 7.06. The first-order valence-electron chi connectivity index (χ1n) is 5.23. The van der Waals surface area contributed by atoms with E-state index < -0.39 is 10.2 Å². The van der Waals surface area contributed by atoms with Gasteiger partial charge in [-0.25, -0.2) is 0 Å². The molecule has 0 saturated carbocycles. The van der Waals surface area contributed by atoms with E-state index in [0.717, 1.165) is 12.8 Å². The zero-order valence-corrected chi connectivity index (χ0v) is 11.1. The Balaban J connectivity index is 2.70. The Bertz CT molecular complexity index is 297. The van der Waals surface area contributed by atoms with Crippen molar-refractivity contribution in [1.29, 1.82) is 0 Å². The van der Waals surface area contributed by atoms with Crippen LogP contribution in [0, 0.1) is 0 Å². The van der Waals surface area contributed by atoms with E-state index in [1.54, 1.807) is 7.05 Å². The molecule has 0 unspecified atom stereocenters. The van der Waals surface area contributed by atoms with Gasteiger partial charge in [0.1, 0.15) is 0 Å². The minimum atomic E-state index is -3.28. The molecular weight excluding hydrogens is 236 g/mol. The fraction of sp³-hybridized carbons (Fsp3) is 1.00. The minimum Gasteiger partial charge on any atom is -0.195 e. The molecule has 0 spiro atoms. The Morgan fingerprint density at radius 2 is 1.80 bits per heavy atom. The van der Waals surface area contributed by atoms with Gasteiger partial charge >= 0.3 is 0 Å². The van der Waals surface area contributed by atoms with E-state index in [4.69, 9.17) is 11.6 Å². The van der Waals surface area contributed by atoms with Crippen molar-refractivity contribution in [3.8, 4) is 0 Å². The summed E-state index contributed by atoms with van der Waals surface area (Å²) in [5, 5.41) is 0.126. The first-order chi connectivity index (χ1) is 6.85. The number of nitrogens with zero attached hydrogens (tertiary/aromatic N) is 2. The van der Waals surface area contributed by atoms with E-state index in [-0.39, 0.29) is 11.4 Å². The molecule has 6 heteroatoms. The number of hydrogen-bond acceptors (Lipinski definition) is 2. The zero-order valence-electron chi connectivity index (χ0n) is 9.48. The normalized spacial score (nSPS) is 21.5. The average molecular weight is 255 g/mol. The maximum Gasteiger partial charge on any atom is 0.281 e. The summed E-state index contributed by atoms with van der Waals surface area (Å²) in [4.78, 5) is 0. The molecule has 1 saturated heterocycles. The van der Waals surface area contributed by atoms with Crippen LogP contribution < -0.4 is 0 Å². The maximum absolute atomic E-state index is 12.0. The summed E-state index contributed by atoms with van der Waals surface area (Å²) in [6.07, 6.45) is 1.49. The Kier molecular flexibility index (Phi) is 4.40. The quantitative estimate of drug-likeness (QED) is 0.712. The van der Waals surface area contributed by atoms with E-state index in [1.807, 2.05) is 13.8 Å². The third-order valence-corrected chi connectivity index (χ3v) is 5.40. The van der Waals surface area contributed by atoms with Gasteiger partial charge in [-0.1, -0.05) is 0 Å². The summed E-state index contributed by atoms with van der Waals surface area (Å²) in [7, 11) is -1.66. The second-order valence-corrected chi connectivity index (χ2v) is 6.80. The van der Waals surface area contributed by atoms with Gasteiger partial charge in [0.25, 0.3) is 10.2 Å². The van der Waals surface area contributed by atoms with Gasteiger partial charge in [0.15, 0.2) is 0 Å². The van der Waals surface area contributed by atoms with Gasteiger partial charge < -0.3 is 0 Å². The predicted molar refractivity (Wildman–Crippen MR) is 62.3 cm³/mol. The summed E-state index contributed by atoms with van der Waals surface area (Å²) < 4.78 is 27.0. The molecule has 0 bridgehead atoms. The van der Waals surface area contributed by atoms with Gasteiger partial charge in [0.2, 0.25) is 0 Å². The van der Waals surface area contributed by atoms with Crippen molar-refractivity contribution < 1.29 is 8.42 Å². The second-order valence-electron chi connectivity index (χ2n) is 4.19. The number of hydrogen-bond donors (Lipinski definition) is 0. The molecule has 1 heterocycles. The van der Waals surface area contributed by atoms with E-state index >= 15 is 0 Å². The lowest BCUT2D eigenvalue weighted by molar-refractivity contribution is 0.304. The maximum atomic E-state index is 12.0. The first kappa shape index (κ1) is 13.2. The van der Waals surface area contributed by atoms with Crippen LogP contribution in [-0.4, -0.2) is 48.6 Å². The standard InChI is InChI=1S/C9H19ClN2O2S/c1-8(2)11(3)15(13,14)12-6-4-9(10)5-7-12/h8-9H,4-7H2,1-3H3. The molecule has 0 aromatic heterocycles. The molecule has 90 valence electrons. The van der Waals surface area contributed by atoms with E-state index in [1.165, 1.54) is 8.61 Å². The molecule has 0 aliphatic carbocycles. The largest absolute Gasteiger partial charge is 0.281 e. The molecule has 1 aliphatic rings. The van der Waals surface area contributed by atoms with Gasteiger partial charge in [0.05, 0.1) is 0 Å². The van der Waals surface area contributed by atoms with Crippen LogP contribution in [0.3, 0.4) is 0 Å². The molecule has 1 aliphatic heterocycles. The number of rotatable bonds is 3. The third kappa shape index (κ3) is 3.06. The van der Waals surface area contributed by atoms with Crippen molar-refractivity contribution >= 4 is 21.8 Å². The molecule has 0 amide bonds. The monoisotopic (exact) mass is 254 g/mol. The van der Waals surface area contributed by atoms with Crippen molar-refractivity contribution in [2.24, 2.45) is 0 Å². The van der Waals surface area contributed by atoms with E-state index in [2.05, 4.69) is 0 Å².